The van der Waals surface area contributed by atoms with Crippen molar-refractivity contribution in [3.05, 3.63) is 24.3 Å². The van der Waals surface area contributed by atoms with Crippen molar-refractivity contribution in [2.45, 2.75) is 4.90 Å². The van der Waals surface area contributed by atoms with Gasteiger partial charge in [0.2, 0.25) is 10.4 Å². The summed E-state index contributed by atoms with van der Waals surface area (Å²) in [7, 11) is -3.44. The number of hydrogen-bond acceptors (Lipinski definition) is 5. The highest BCUT2D eigenvalue weighted by Gasteiger charge is 2.11. The van der Waals surface area contributed by atoms with Crippen molar-refractivity contribution >= 4 is 21.3 Å². The summed E-state index contributed by atoms with van der Waals surface area (Å²) in [5, 5.41) is 9.29. The third-order valence-electron chi connectivity index (χ3n) is 1.51. The fourth-order valence-corrected chi connectivity index (χ4v) is 1.64. The zero-order chi connectivity index (χ0) is 12.8. The van der Waals surface area contributed by atoms with E-state index in [1.54, 1.807) is 6.07 Å². The molecule has 0 bridgehead atoms. The zero-order valence-corrected chi connectivity index (χ0v) is 10.8. The molecule has 1 aromatic carbocycles. The Bertz CT molecular complexity index is 414. The Hall–Kier alpha value is -0.760. The molecule has 0 atom stereocenters. The van der Waals surface area contributed by atoms with E-state index in [-0.39, 0.29) is 10.9 Å². The molecule has 0 amide bonds. The van der Waals surface area contributed by atoms with Crippen molar-refractivity contribution in [2.24, 2.45) is 0 Å². The molecule has 0 aliphatic rings. The molecule has 92 valence electrons. The molecule has 0 aliphatic carbocycles. The summed E-state index contributed by atoms with van der Waals surface area (Å²) in [5.74, 6) is 0.413. The van der Waals surface area contributed by atoms with E-state index in [0.29, 0.717) is 5.75 Å². The maximum absolute atomic E-state index is 9.29. The average molecular weight is 266 g/mol. The third kappa shape index (κ3) is 6.67. The predicted molar refractivity (Wildman–Crippen MR) is 62.3 cm³/mol. The van der Waals surface area contributed by atoms with Crippen LogP contribution < -0.4 is 0 Å². The van der Waals surface area contributed by atoms with E-state index in [0.717, 1.165) is 12.0 Å². The summed E-state index contributed by atoms with van der Waals surface area (Å²) in [6.45, 7) is 0. The molecule has 0 spiro atoms. The molecule has 0 saturated carbocycles. The zero-order valence-electron chi connectivity index (χ0n) is 9.21. The van der Waals surface area contributed by atoms with Crippen molar-refractivity contribution in [1.29, 1.82) is 0 Å². The van der Waals surface area contributed by atoms with Crippen molar-refractivity contribution < 1.29 is 22.3 Å². The van der Waals surface area contributed by atoms with Gasteiger partial charge in [-0.2, -0.15) is 0 Å². The minimum absolute atomic E-state index is 0.159. The van der Waals surface area contributed by atoms with Gasteiger partial charge in [-0.15, -0.1) is 0 Å². The standard InChI is InChI=1S/C8H10OS.CH4O4S/c1-10(2)8-6-4-3-5-7(8)9;1-5-6(2,3)4/h3-6H,1-2H3;1H3,(H,2,3,4). The fourth-order valence-electron chi connectivity index (χ4n) is 0.802. The van der Waals surface area contributed by atoms with Crippen LogP contribution in [-0.2, 0) is 25.5 Å². The second-order valence-electron chi connectivity index (χ2n) is 2.86. The van der Waals surface area contributed by atoms with Gasteiger partial charge in [-0.3, -0.25) is 4.18 Å². The van der Waals surface area contributed by atoms with Crippen LogP contribution in [0.15, 0.2) is 29.2 Å². The summed E-state index contributed by atoms with van der Waals surface area (Å²) in [5.41, 5.74) is 0. The normalized spacial score (nSPS) is 10.8. The molecular formula is C9H14O5S2. The second-order valence-corrected chi connectivity index (χ2v) is 6.08. The minimum Gasteiger partial charge on any atom is -0.726 e. The molecule has 1 N–H and O–H groups in total. The molecule has 0 fully saturated rings. The number of benzene rings is 1. The largest absolute Gasteiger partial charge is 0.726 e. The quantitative estimate of drug-likeness (QED) is 0.484. The monoisotopic (exact) mass is 266 g/mol. The van der Waals surface area contributed by atoms with Crippen LogP contribution in [0, 0.1) is 0 Å². The Kier molecular flexibility index (Phi) is 6.42. The Labute approximate surface area is 98.4 Å². The van der Waals surface area contributed by atoms with Crippen LogP contribution in [0.2, 0.25) is 0 Å². The van der Waals surface area contributed by atoms with Crippen LogP contribution in [0.5, 0.6) is 5.75 Å². The van der Waals surface area contributed by atoms with Crippen molar-refractivity contribution in [3.63, 3.8) is 0 Å². The summed E-state index contributed by atoms with van der Waals surface area (Å²) in [6.07, 6.45) is 4.18. The van der Waals surface area contributed by atoms with E-state index in [1.807, 2.05) is 18.2 Å². The minimum atomic E-state index is -4.41. The van der Waals surface area contributed by atoms with Gasteiger partial charge in [0.05, 0.1) is 7.11 Å². The van der Waals surface area contributed by atoms with Crippen LogP contribution in [0.3, 0.4) is 0 Å². The maximum Gasteiger partial charge on any atom is 0.217 e. The first-order valence-corrected chi connectivity index (χ1v) is 7.52. The fraction of sp³-hybridized carbons (Fsp3) is 0.333. The number of hydrogen-bond donors (Lipinski definition) is 1. The van der Waals surface area contributed by atoms with E-state index in [2.05, 4.69) is 16.7 Å². The van der Waals surface area contributed by atoms with Crippen LogP contribution >= 0.6 is 0 Å². The molecule has 0 unspecified atom stereocenters. The molecule has 0 radical (unpaired) electrons. The summed E-state index contributed by atoms with van der Waals surface area (Å²) in [4.78, 5) is 1.04. The number of phenolic OH excluding ortho intramolecular Hbond substituents is 1. The first-order chi connectivity index (χ1) is 7.28. The first kappa shape index (κ1) is 15.2. The Morgan fingerprint density at radius 2 is 1.75 bits per heavy atom. The molecule has 0 aliphatic heterocycles. The van der Waals surface area contributed by atoms with Gasteiger partial charge in [-0.05, 0) is 12.1 Å². The highest BCUT2D eigenvalue weighted by molar-refractivity contribution is 7.95. The number of rotatable bonds is 2. The first-order valence-electron chi connectivity index (χ1n) is 4.15. The van der Waals surface area contributed by atoms with Crippen LogP contribution in [-0.4, -0.2) is 37.7 Å². The van der Waals surface area contributed by atoms with Crippen LogP contribution in [0.4, 0.5) is 0 Å². The number of aromatic hydroxyl groups is 1. The van der Waals surface area contributed by atoms with E-state index < -0.39 is 10.4 Å². The summed E-state index contributed by atoms with van der Waals surface area (Å²) >= 11 is 0. The van der Waals surface area contributed by atoms with Gasteiger partial charge in [-0.1, -0.05) is 12.1 Å². The predicted octanol–water partition coefficient (Wildman–Crippen LogP) is 0.722. The Morgan fingerprint density at radius 1 is 1.31 bits per heavy atom. The van der Waals surface area contributed by atoms with Crippen molar-refractivity contribution in [2.75, 3.05) is 19.6 Å². The van der Waals surface area contributed by atoms with Gasteiger partial charge in [0.25, 0.3) is 0 Å². The molecule has 1 rings (SSSR count). The summed E-state index contributed by atoms with van der Waals surface area (Å²) in [6, 6.07) is 7.47. The van der Waals surface area contributed by atoms with Gasteiger partial charge in [0.1, 0.15) is 12.5 Å². The lowest BCUT2D eigenvalue weighted by molar-refractivity contribution is 0.314. The summed E-state index contributed by atoms with van der Waals surface area (Å²) < 4.78 is 31.0. The van der Waals surface area contributed by atoms with Crippen LogP contribution in [0.1, 0.15) is 0 Å². The second kappa shape index (κ2) is 6.74. The van der Waals surface area contributed by atoms with Gasteiger partial charge in [0, 0.05) is 10.9 Å². The molecule has 0 aromatic heterocycles. The highest BCUT2D eigenvalue weighted by atomic mass is 32.3. The molecule has 0 heterocycles. The van der Waals surface area contributed by atoms with Crippen molar-refractivity contribution in [3.8, 4) is 5.75 Å². The molecule has 16 heavy (non-hydrogen) atoms. The van der Waals surface area contributed by atoms with E-state index >= 15 is 0 Å². The number of phenols is 1. The van der Waals surface area contributed by atoms with Gasteiger partial charge < -0.3 is 9.66 Å². The topological polar surface area (TPSA) is 86.7 Å². The molecule has 0 saturated heterocycles. The smallest absolute Gasteiger partial charge is 0.217 e. The lowest BCUT2D eigenvalue weighted by Crippen LogP contribution is -1.97. The Balaban J connectivity index is 0.000000325. The van der Waals surface area contributed by atoms with Crippen LogP contribution in [0.25, 0.3) is 0 Å². The number of para-hydroxylation sites is 1. The molecule has 7 heteroatoms. The highest BCUT2D eigenvalue weighted by Crippen LogP contribution is 2.20. The Morgan fingerprint density at radius 3 is 2.00 bits per heavy atom. The maximum atomic E-state index is 9.29. The van der Waals surface area contributed by atoms with E-state index in [4.69, 9.17) is 0 Å². The van der Waals surface area contributed by atoms with Gasteiger partial charge in [-0.25, -0.2) is 8.42 Å². The lowest BCUT2D eigenvalue weighted by atomic mass is 10.3. The molecule has 5 nitrogen and oxygen atoms in total. The van der Waals surface area contributed by atoms with Gasteiger partial charge in [0.15, 0.2) is 10.6 Å². The SMILES string of the molecule is COS(=O)(=O)[O-].C[S+](C)c1ccccc1O. The molecular weight excluding hydrogens is 252 g/mol. The van der Waals surface area contributed by atoms with E-state index in [1.165, 1.54) is 0 Å². The average Bonchev–Trinajstić information content (AvgIpc) is 2.18. The third-order valence-corrected chi connectivity index (χ3v) is 3.14. The van der Waals surface area contributed by atoms with Crippen molar-refractivity contribution in [1.82, 2.24) is 0 Å². The molecule has 1 aromatic rings. The van der Waals surface area contributed by atoms with Gasteiger partial charge >= 0.3 is 0 Å². The van der Waals surface area contributed by atoms with E-state index in [9.17, 15) is 18.1 Å². The lowest BCUT2D eigenvalue weighted by Gasteiger charge is -1.98.